The van der Waals surface area contributed by atoms with Crippen LogP contribution in [0, 0.1) is 5.82 Å². The zero-order valence-corrected chi connectivity index (χ0v) is 16.6. The molecule has 1 saturated heterocycles. The summed E-state index contributed by atoms with van der Waals surface area (Å²) in [7, 11) is -3.62. The average molecular weight is 405 g/mol. The van der Waals surface area contributed by atoms with Crippen molar-refractivity contribution >= 4 is 10.0 Å². The van der Waals surface area contributed by atoms with E-state index in [0.717, 1.165) is 31.4 Å². The predicted molar refractivity (Wildman–Crippen MR) is 105 cm³/mol. The maximum absolute atomic E-state index is 13.1. The quantitative estimate of drug-likeness (QED) is 0.851. The van der Waals surface area contributed by atoms with Crippen molar-refractivity contribution in [1.82, 2.24) is 9.21 Å². The fourth-order valence-corrected chi connectivity index (χ4v) is 5.60. The molecule has 1 aliphatic heterocycles. The Morgan fingerprint density at radius 2 is 1.64 bits per heavy atom. The normalized spacial score (nSPS) is 18.8. The first-order valence-electron chi connectivity index (χ1n) is 9.75. The van der Waals surface area contributed by atoms with E-state index in [4.69, 9.17) is 0 Å². The molecule has 150 valence electrons. The van der Waals surface area contributed by atoms with Crippen LogP contribution < -0.4 is 0 Å². The van der Waals surface area contributed by atoms with Crippen LogP contribution >= 0.6 is 0 Å². The van der Waals surface area contributed by atoms with Crippen molar-refractivity contribution in [3.63, 3.8) is 0 Å². The van der Waals surface area contributed by atoms with Crippen molar-refractivity contribution in [3.05, 3.63) is 58.9 Å². The second kappa shape index (κ2) is 7.81. The number of phenols is 1. The van der Waals surface area contributed by atoms with Gasteiger partial charge in [-0.1, -0.05) is 6.07 Å². The van der Waals surface area contributed by atoms with Crippen LogP contribution in [0.4, 0.5) is 4.39 Å². The number of aryl methyl sites for hydroxylation is 2. The summed E-state index contributed by atoms with van der Waals surface area (Å²) in [5.74, 6) is -0.115. The van der Waals surface area contributed by atoms with Gasteiger partial charge in [0.05, 0.1) is 4.90 Å². The standard InChI is InChI=1S/C21H25FN2O3S/c22-19-5-7-20(8-6-19)28(26,27)24-10-2-9-23(11-12-24)15-18-13-16-3-1-4-17(16)14-21(18)25/h5-8,13-14,25H,1-4,9-12,15H2. The smallest absolute Gasteiger partial charge is 0.243 e. The van der Waals surface area contributed by atoms with Crippen LogP contribution in [0.3, 0.4) is 0 Å². The third kappa shape index (κ3) is 3.92. The number of aromatic hydroxyl groups is 1. The highest BCUT2D eigenvalue weighted by molar-refractivity contribution is 7.89. The minimum atomic E-state index is -3.62. The van der Waals surface area contributed by atoms with E-state index in [2.05, 4.69) is 11.0 Å². The molecule has 0 radical (unpaired) electrons. The van der Waals surface area contributed by atoms with E-state index >= 15 is 0 Å². The Balaban J connectivity index is 1.45. The van der Waals surface area contributed by atoms with E-state index in [9.17, 15) is 17.9 Å². The first kappa shape index (κ1) is 19.4. The van der Waals surface area contributed by atoms with Crippen LogP contribution in [0.5, 0.6) is 5.75 Å². The molecule has 2 aromatic rings. The molecule has 1 aliphatic carbocycles. The summed E-state index contributed by atoms with van der Waals surface area (Å²) in [6.45, 7) is 2.80. The third-order valence-corrected chi connectivity index (χ3v) is 7.60. The molecule has 2 aliphatic rings. The van der Waals surface area contributed by atoms with E-state index < -0.39 is 15.8 Å². The monoisotopic (exact) mass is 404 g/mol. The first-order chi connectivity index (χ1) is 13.4. The minimum absolute atomic E-state index is 0.124. The van der Waals surface area contributed by atoms with Crippen LogP contribution in [0.15, 0.2) is 41.3 Å². The van der Waals surface area contributed by atoms with Gasteiger partial charge in [0.15, 0.2) is 0 Å². The Labute approximate surface area is 165 Å². The van der Waals surface area contributed by atoms with Crippen molar-refractivity contribution in [2.75, 3.05) is 26.2 Å². The molecule has 4 rings (SSSR count). The molecule has 0 spiro atoms. The zero-order chi connectivity index (χ0) is 19.7. The lowest BCUT2D eigenvalue weighted by atomic mass is 10.0. The summed E-state index contributed by atoms with van der Waals surface area (Å²) < 4.78 is 40.3. The van der Waals surface area contributed by atoms with Crippen LogP contribution in [0.1, 0.15) is 29.5 Å². The molecule has 5 nitrogen and oxygen atoms in total. The lowest BCUT2D eigenvalue weighted by molar-refractivity contribution is 0.274. The molecule has 0 saturated carbocycles. The van der Waals surface area contributed by atoms with E-state index in [1.54, 1.807) is 0 Å². The van der Waals surface area contributed by atoms with Gasteiger partial charge in [0.2, 0.25) is 10.0 Å². The highest BCUT2D eigenvalue weighted by Crippen LogP contribution is 2.30. The summed E-state index contributed by atoms with van der Waals surface area (Å²) in [6.07, 6.45) is 3.94. The number of benzene rings is 2. The van der Waals surface area contributed by atoms with E-state index in [-0.39, 0.29) is 4.90 Å². The first-order valence-corrected chi connectivity index (χ1v) is 11.2. The SMILES string of the molecule is O=S(=O)(c1ccc(F)cc1)N1CCCN(Cc2cc3c(cc2O)CCC3)CC1. The second-order valence-electron chi connectivity index (χ2n) is 7.59. The highest BCUT2D eigenvalue weighted by atomic mass is 32.2. The van der Waals surface area contributed by atoms with Gasteiger partial charge in [0.25, 0.3) is 0 Å². The molecule has 0 bridgehead atoms. The van der Waals surface area contributed by atoms with E-state index in [1.807, 2.05) is 6.07 Å². The number of fused-ring (bicyclic) bond motifs is 1. The Kier molecular flexibility index (Phi) is 5.40. The van der Waals surface area contributed by atoms with Crippen LogP contribution in [-0.2, 0) is 29.4 Å². The Morgan fingerprint density at radius 3 is 2.39 bits per heavy atom. The summed E-state index contributed by atoms with van der Waals surface area (Å²) in [6, 6.07) is 8.98. The lowest BCUT2D eigenvalue weighted by Crippen LogP contribution is -2.35. The van der Waals surface area contributed by atoms with Gasteiger partial charge in [-0.25, -0.2) is 12.8 Å². The number of hydrogen-bond donors (Lipinski definition) is 1. The van der Waals surface area contributed by atoms with Crippen LogP contribution in [0.2, 0.25) is 0 Å². The third-order valence-electron chi connectivity index (χ3n) is 5.69. The van der Waals surface area contributed by atoms with Gasteiger partial charge in [0, 0.05) is 31.7 Å². The lowest BCUT2D eigenvalue weighted by Gasteiger charge is -2.22. The van der Waals surface area contributed by atoms with E-state index in [0.29, 0.717) is 38.3 Å². The number of halogens is 1. The molecule has 1 heterocycles. The maximum atomic E-state index is 13.1. The van der Waals surface area contributed by atoms with Crippen LogP contribution in [0.25, 0.3) is 0 Å². The topological polar surface area (TPSA) is 60.9 Å². The number of rotatable bonds is 4. The molecule has 28 heavy (non-hydrogen) atoms. The number of phenolic OH excluding ortho intramolecular Hbond substituents is 1. The van der Waals surface area contributed by atoms with Gasteiger partial charge < -0.3 is 5.11 Å². The minimum Gasteiger partial charge on any atom is -0.508 e. The molecule has 2 aromatic carbocycles. The van der Waals surface area contributed by atoms with Gasteiger partial charge in [-0.2, -0.15) is 4.31 Å². The maximum Gasteiger partial charge on any atom is 0.243 e. The van der Waals surface area contributed by atoms with E-state index in [1.165, 1.54) is 39.7 Å². The average Bonchev–Trinajstić information content (AvgIpc) is 2.97. The van der Waals surface area contributed by atoms with Gasteiger partial charge in [-0.3, -0.25) is 4.90 Å². The Bertz CT molecular complexity index is 960. The Hall–Kier alpha value is -1.96. The summed E-state index contributed by atoms with van der Waals surface area (Å²) in [4.78, 5) is 2.31. The number of nitrogens with zero attached hydrogens (tertiary/aromatic N) is 2. The number of hydrogen-bond acceptors (Lipinski definition) is 4. The van der Waals surface area contributed by atoms with Crippen molar-refractivity contribution in [3.8, 4) is 5.75 Å². The molecule has 0 aromatic heterocycles. The molecular formula is C21H25FN2O3S. The molecule has 7 heteroatoms. The molecule has 0 amide bonds. The van der Waals surface area contributed by atoms with Gasteiger partial charge in [-0.05, 0) is 73.7 Å². The van der Waals surface area contributed by atoms with Gasteiger partial charge in [0.1, 0.15) is 11.6 Å². The summed E-state index contributed by atoms with van der Waals surface area (Å²) in [5, 5.41) is 10.4. The molecular weight excluding hydrogens is 379 g/mol. The van der Waals surface area contributed by atoms with Crippen molar-refractivity contribution < 1.29 is 17.9 Å². The fraction of sp³-hybridized carbons (Fsp3) is 0.429. The van der Waals surface area contributed by atoms with Crippen LogP contribution in [-0.4, -0.2) is 48.9 Å². The number of sulfonamides is 1. The largest absolute Gasteiger partial charge is 0.508 e. The molecule has 1 fully saturated rings. The van der Waals surface area contributed by atoms with Gasteiger partial charge >= 0.3 is 0 Å². The zero-order valence-electron chi connectivity index (χ0n) is 15.8. The summed E-state index contributed by atoms with van der Waals surface area (Å²) in [5.41, 5.74) is 3.48. The molecule has 0 unspecified atom stereocenters. The Morgan fingerprint density at radius 1 is 0.929 bits per heavy atom. The van der Waals surface area contributed by atoms with Crippen molar-refractivity contribution in [2.45, 2.75) is 37.1 Å². The summed E-state index contributed by atoms with van der Waals surface area (Å²) >= 11 is 0. The highest BCUT2D eigenvalue weighted by Gasteiger charge is 2.27. The predicted octanol–water partition coefficient (Wildman–Crippen LogP) is 2.92. The fourth-order valence-electron chi connectivity index (χ4n) is 4.13. The second-order valence-corrected chi connectivity index (χ2v) is 9.53. The van der Waals surface area contributed by atoms with Crippen molar-refractivity contribution in [2.24, 2.45) is 0 Å². The molecule has 0 atom stereocenters. The van der Waals surface area contributed by atoms with Crippen molar-refractivity contribution in [1.29, 1.82) is 0 Å². The van der Waals surface area contributed by atoms with Gasteiger partial charge in [-0.15, -0.1) is 0 Å². The molecule has 1 N–H and O–H groups in total.